The number of aromatic nitrogens is 2. The van der Waals surface area contributed by atoms with Crippen molar-refractivity contribution in [2.45, 2.75) is 63.2 Å². The molecule has 3 heteroatoms. The van der Waals surface area contributed by atoms with Gasteiger partial charge in [0, 0.05) is 21.9 Å². The van der Waals surface area contributed by atoms with E-state index in [1.807, 2.05) is 11.3 Å². The maximum absolute atomic E-state index is 6.09. The molecule has 0 fully saturated rings. The summed E-state index contributed by atoms with van der Waals surface area (Å²) < 4.78 is 0. The van der Waals surface area contributed by atoms with Gasteiger partial charge in [-0.05, 0) is 112 Å². The standard InChI is InChI=1S/C76H58N2S/c1-73(2,3)51-41-43-53-59(45-51)60-46-52(74(4,5)6)42-44-54(60)68-67(53)77-69-70(78-68)72(58-36-24-40-64-66(58)56-34-20-22-38-62(56)76(64,49-29-15-9-16-30-49)50-31-17-10-18-32-50)79-71(69)57-35-23-39-63-65(57)55-33-19-21-37-61(55)75(63,47-25-11-7-12-26-47)48-27-13-8-14-28-48/h7-46H,1-6H3. The van der Waals surface area contributed by atoms with Crippen LogP contribution in [0.15, 0.2) is 243 Å². The smallest absolute Gasteiger partial charge is 0.109 e. The fraction of sp³-hybridized carbons (Fsp3) is 0.132. The van der Waals surface area contributed by atoms with Gasteiger partial charge < -0.3 is 0 Å². The molecule has 0 spiro atoms. The SMILES string of the molecule is CC(C)(C)c1ccc2c(c1)c1cc(C(C)(C)C)ccc1c1nc3c(-c4cccc5c4-c4ccccc4C5(c4ccccc4)c4ccccc4)sc(-c4cccc5c4-c4ccccc4C5(c4ccccc4)c4ccccc4)c3nc21. The molecule has 0 amide bonds. The Hall–Kier alpha value is -8.76. The molecule has 0 saturated carbocycles. The molecule has 0 atom stereocenters. The third kappa shape index (κ3) is 6.76. The summed E-state index contributed by atoms with van der Waals surface area (Å²) in [5, 5.41) is 4.67. The predicted octanol–water partition coefficient (Wildman–Crippen LogP) is 19.8. The van der Waals surface area contributed by atoms with Crippen molar-refractivity contribution < 1.29 is 0 Å². The fourth-order valence-corrected chi connectivity index (χ4v) is 15.2. The van der Waals surface area contributed by atoms with Crippen LogP contribution in [0.3, 0.4) is 0 Å². The molecule has 2 aromatic heterocycles. The van der Waals surface area contributed by atoms with Crippen LogP contribution in [0, 0.1) is 0 Å². The van der Waals surface area contributed by atoms with Gasteiger partial charge in [0.05, 0.1) is 31.6 Å². The summed E-state index contributed by atoms with van der Waals surface area (Å²) in [5.41, 5.74) is 22.4. The molecule has 0 N–H and O–H groups in total. The Kier molecular flexibility index (Phi) is 10.4. The molecule has 11 aromatic carbocycles. The van der Waals surface area contributed by atoms with Gasteiger partial charge >= 0.3 is 0 Å². The molecule has 0 radical (unpaired) electrons. The van der Waals surface area contributed by atoms with E-state index >= 15 is 0 Å². The van der Waals surface area contributed by atoms with E-state index in [1.54, 1.807) is 0 Å². The zero-order valence-electron chi connectivity index (χ0n) is 45.4. The summed E-state index contributed by atoms with van der Waals surface area (Å²) in [6.45, 7) is 13.9. The molecule has 79 heavy (non-hydrogen) atoms. The molecule has 0 aliphatic heterocycles. The van der Waals surface area contributed by atoms with Crippen molar-refractivity contribution in [3.63, 3.8) is 0 Å². The number of hydrogen-bond donors (Lipinski definition) is 0. The third-order valence-corrected chi connectivity index (χ3v) is 18.8. The predicted molar refractivity (Wildman–Crippen MR) is 333 cm³/mol. The molecule has 0 saturated heterocycles. The van der Waals surface area contributed by atoms with Crippen LogP contribution in [0.4, 0.5) is 0 Å². The molecular weight excluding hydrogens is 973 g/mol. The molecule has 15 rings (SSSR count). The number of nitrogens with zero attached hydrogens (tertiary/aromatic N) is 2. The first-order valence-corrected chi connectivity index (χ1v) is 28.6. The maximum Gasteiger partial charge on any atom is 0.109 e. The van der Waals surface area contributed by atoms with Gasteiger partial charge in [-0.25, -0.2) is 9.97 Å². The Balaban J connectivity index is 1.10. The molecule has 0 bridgehead atoms. The van der Waals surface area contributed by atoms with E-state index in [-0.39, 0.29) is 10.8 Å². The fourth-order valence-electron chi connectivity index (χ4n) is 13.9. The molecule has 378 valence electrons. The van der Waals surface area contributed by atoms with E-state index in [4.69, 9.17) is 9.97 Å². The average Bonchev–Trinajstić information content (AvgIpc) is 3.83. The van der Waals surface area contributed by atoms with E-state index in [2.05, 4.69) is 284 Å². The molecule has 13 aromatic rings. The number of rotatable bonds is 6. The molecule has 2 nitrogen and oxygen atoms in total. The monoisotopic (exact) mass is 1030 g/mol. The van der Waals surface area contributed by atoms with E-state index in [9.17, 15) is 0 Å². The van der Waals surface area contributed by atoms with Crippen molar-refractivity contribution in [1.82, 2.24) is 9.97 Å². The van der Waals surface area contributed by atoms with Crippen molar-refractivity contribution >= 4 is 54.9 Å². The van der Waals surface area contributed by atoms with Crippen molar-refractivity contribution in [1.29, 1.82) is 0 Å². The van der Waals surface area contributed by atoms with Gasteiger partial charge in [0.2, 0.25) is 0 Å². The Morgan fingerprint density at radius 1 is 0.291 bits per heavy atom. The molecule has 2 aliphatic rings. The van der Waals surface area contributed by atoms with Crippen LogP contribution in [0.25, 0.3) is 86.7 Å². The quantitative estimate of drug-likeness (QED) is 0.155. The van der Waals surface area contributed by atoms with Gasteiger partial charge in [0.1, 0.15) is 11.0 Å². The summed E-state index contributed by atoms with van der Waals surface area (Å²) in [6.07, 6.45) is 0. The first kappa shape index (κ1) is 47.5. The number of benzene rings is 11. The van der Waals surface area contributed by atoms with Crippen LogP contribution in [-0.4, -0.2) is 9.97 Å². The number of fused-ring (bicyclic) bond motifs is 13. The maximum atomic E-state index is 6.09. The van der Waals surface area contributed by atoms with E-state index in [0.717, 1.165) is 42.6 Å². The lowest BCUT2D eigenvalue weighted by molar-refractivity contribution is 0.590. The number of thiophene rings is 1. The van der Waals surface area contributed by atoms with Crippen LogP contribution in [0.2, 0.25) is 0 Å². The highest BCUT2D eigenvalue weighted by Crippen LogP contribution is 2.62. The van der Waals surface area contributed by atoms with E-state index in [1.165, 1.54) is 99.8 Å². The third-order valence-electron chi connectivity index (χ3n) is 17.6. The van der Waals surface area contributed by atoms with Crippen LogP contribution in [-0.2, 0) is 21.7 Å². The largest absolute Gasteiger partial charge is 0.242 e. The lowest BCUT2D eigenvalue weighted by atomic mass is 9.67. The van der Waals surface area contributed by atoms with Gasteiger partial charge in [0.15, 0.2) is 0 Å². The minimum absolute atomic E-state index is 0.0476. The second-order valence-electron chi connectivity index (χ2n) is 23.9. The van der Waals surface area contributed by atoms with Crippen LogP contribution in [0.5, 0.6) is 0 Å². The number of hydrogen-bond acceptors (Lipinski definition) is 3. The van der Waals surface area contributed by atoms with Gasteiger partial charge in [0.25, 0.3) is 0 Å². The topological polar surface area (TPSA) is 25.8 Å². The minimum atomic E-state index is -0.563. The summed E-state index contributed by atoms with van der Waals surface area (Å²) in [7, 11) is 0. The zero-order chi connectivity index (χ0) is 53.4. The van der Waals surface area contributed by atoms with Gasteiger partial charge in [-0.2, -0.15) is 0 Å². The molecular formula is C76H58N2S. The van der Waals surface area contributed by atoms with Crippen LogP contribution in [0.1, 0.15) is 97.2 Å². The summed E-state index contributed by atoms with van der Waals surface area (Å²) in [5.74, 6) is 0. The Morgan fingerprint density at radius 3 is 0.962 bits per heavy atom. The molecule has 0 unspecified atom stereocenters. The summed E-state index contributed by atoms with van der Waals surface area (Å²) in [6, 6.07) is 90.9. The highest BCUT2D eigenvalue weighted by atomic mass is 32.1. The Labute approximate surface area is 466 Å². The summed E-state index contributed by atoms with van der Waals surface area (Å²) in [4.78, 5) is 14.4. The zero-order valence-corrected chi connectivity index (χ0v) is 46.2. The average molecular weight is 1030 g/mol. The first-order chi connectivity index (χ1) is 38.5. The first-order valence-electron chi connectivity index (χ1n) is 27.8. The van der Waals surface area contributed by atoms with E-state index < -0.39 is 10.8 Å². The van der Waals surface area contributed by atoms with Gasteiger partial charge in [-0.15, -0.1) is 11.3 Å². The second-order valence-corrected chi connectivity index (χ2v) is 24.9. The van der Waals surface area contributed by atoms with E-state index in [0.29, 0.717) is 0 Å². The molecule has 2 aliphatic carbocycles. The van der Waals surface area contributed by atoms with Crippen molar-refractivity contribution in [2.75, 3.05) is 0 Å². The Morgan fingerprint density at radius 2 is 0.608 bits per heavy atom. The lowest BCUT2D eigenvalue weighted by Crippen LogP contribution is -2.28. The highest BCUT2D eigenvalue weighted by molar-refractivity contribution is 7.21. The Bertz CT molecular complexity index is 4220. The van der Waals surface area contributed by atoms with Crippen molar-refractivity contribution in [2.24, 2.45) is 0 Å². The molecule has 2 heterocycles. The van der Waals surface area contributed by atoms with Gasteiger partial charge in [-0.1, -0.05) is 272 Å². The lowest BCUT2D eigenvalue weighted by Gasteiger charge is -2.34. The summed E-state index contributed by atoms with van der Waals surface area (Å²) >= 11 is 1.85. The highest BCUT2D eigenvalue weighted by Gasteiger charge is 2.49. The van der Waals surface area contributed by atoms with Crippen molar-refractivity contribution in [3.8, 4) is 43.1 Å². The van der Waals surface area contributed by atoms with Gasteiger partial charge in [-0.3, -0.25) is 0 Å². The van der Waals surface area contributed by atoms with Crippen LogP contribution < -0.4 is 0 Å². The normalized spacial score (nSPS) is 14.2. The second kappa shape index (κ2) is 17.4. The van der Waals surface area contributed by atoms with Crippen LogP contribution >= 0.6 is 11.3 Å². The minimum Gasteiger partial charge on any atom is -0.242 e. The van der Waals surface area contributed by atoms with Crippen molar-refractivity contribution in [3.05, 3.63) is 298 Å².